The summed E-state index contributed by atoms with van der Waals surface area (Å²) in [4.78, 5) is 11.5. The highest BCUT2D eigenvalue weighted by Crippen LogP contribution is 2.33. The highest BCUT2D eigenvalue weighted by molar-refractivity contribution is 6.63. The average molecular weight is 322 g/mol. The minimum atomic E-state index is -3.44. The van der Waals surface area contributed by atoms with Crippen LogP contribution in [0.5, 0.6) is 0 Å². The largest absolute Gasteiger partial charge is 0.567 e. The lowest BCUT2D eigenvalue weighted by molar-refractivity contribution is -0.261. The van der Waals surface area contributed by atoms with Gasteiger partial charge in [0, 0.05) is 40.6 Å². The molecule has 0 aliphatic carbocycles. The molecule has 0 amide bonds. The molecule has 124 valence electrons. The van der Waals surface area contributed by atoms with Gasteiger partial charge in [-0.05, 0) is 20.8 Å². The summed E-state index contributed by atoms with van der Waals surface area (Å²) < 4.78 is 33.2. The van der Waals surface area contributed by atoms with E-state index in [1.165, 1.54) is 21.3 Å². The lowest BCUT2D eigenvalue weighted by atomic mass is 10.3. The van der Waals surface area contributed by atoms with Crippen LogP contribution in [0.15, 0.2) is 12.7 Å². The van der Waals surface area contributed by atoms with Crippen LogP contribution in [-0.2, 0) is 32.3 Å². The first-order chi connectivity index (χ1) is 9.93. The molecule has 0 aromatic heterocycles. The maximum absolute atomic E-state index is 11.5. The van der Waals surface area contributed by atoms with Gasteiger partial charge in [-0.25, -0.2) is 4.79 Å². The summed E-state index contributed by atoms with van der Waals surface area (Å²) in [5.74, 6) is -0.600. The molecule has 0 aromatic rings. The highest BCUT2D eigenvalue weighted by Gasteiger charge is 2.67. The van der Waals surface area contributed by atoms with Gasteiger partial charge >= 0.3 is 14.8 Å². The SMILES string of the molecule is C=CC(=O)OC(C)C(OCC)(OCC)[Si](OC)(OC)OC. The van der Waals surface area contributed by atoms with Crippen LogP contribution in [0.1, 0.15) is 20.8 Å². The van der Waals surface area contributed by atoms with E-state index in [2.05, 4.69) is 6.58 Å². The Morgan fingerprint density at radius 1 is 1.14 bits per heavy atom. The molecule has 0 bridgehead atoms. The van der Waals surface area contributed by atoms with Crippen LogP contribution in [0, 0.1) is 0 Å². The zero-order chi connectivity index (χ0) is 16.5. The lowest BCUT2D eigenvalue weighted by Crippen LogP contribution is -2.71. The van der Waals surface area contributed by atoms with Crippen molar-refractivity contribution in [2.75, 3.05) is 34.5 Å². The van der Waals surface area contributed by atoms with Gasteiger partial charge in [0.1, 0.15) is 0 Å². The second-order valence-corrected chi connectivity index (χ2v) is 7.02. The Labute approximate surface area is 127 Å². The molecule has 8 heteroatoms. The Bertz CT molecular complexity index is 316. The third kappa shape index (κ3) is 4.12. The molecule has 0 rings (SSSR count). The van der Waals surface area contributed by atoms with Crippen molar-refractivity contribution in [3.63, 3.8) is 0 Å². The summed E-state index contributed by atoms with van der Waals surface area (Å²) in [6.45, 7) is 9.16. The molecule has 0 aliphatic heterocycles. The summed E-state index contributed by atoms with van der Waals surface area (Å²) in [6, 6.07) is 0. The molecular formula is C13H26O7Si. The molecule has 0 aromatic carbocycles. The van der Waals surface area contributed by atoms with Gasteiger partial charge in [0.05, 0.1) is 0 Å². The lowest BCUT2D eigenvalue weighted by Gasteiger charge is -2.44. The number of esters is 1. The fourth-order valence-corrected chi connectivity index (χ4v) is 4.66. The molecule has 0 N–H and O–H groups in total. The van der Waals surface area contributed by atoms with Gasteiger partial charge in [-0.2, -0.15) is 0 Å². The molecule has 0 aliphatic rings. The first-order valence-corrected chi connectivity index (χ1v) is 8.42. The highest BCUT2D eigenvalue weighted by atomic mass is 28.4. The van der Waals surface area contributed by atoms with Crippen molar-refractivity contribution >= 4 is 14.8 Å². The third-order valence-corrected chi connectivity index (χ3v) is 6.11. The molecule has 1 unspecified atom stereocenters. The van der Waals surface area contributed by atoms with Crippen molar-refractivity contribution in [3.05, 3.63) is 12.7 Å². The molecule has 1 atom stereocenters. The fraction of sp³-hybridized carbons (Fsp3) is 0.769. The molecule has 0 fully saturated rings. The van der Waals surface area contributed by atoms with Crippen molar-refractivity contribution in [2.24, 2.45) is 0 Å². The second-order valence-electron chi connectivity index (χ2n) is 3.99. The van der Waals surface area contributed by atoms with Gasteiger partial charge in [-0.3, -0.25) is 0 Å². The standard InChI is InChI=1S/C13H26O7Si/c1-8-12(14)20-11(4)13(18-9-2,19-10-3)21(15-5,16-6)17-7/h8,11H,1,9-10H2,2-7H3. The topological polar surface area (TPSA) is 72.5 Å². The summed E-state index contributed by atoms with van der Waals surface area (Å²) in [5.41, 5.74) is -1.46. The zero-order valence-corrected chi connectivity index (χ0v) is 14.6. The van der Waals surface area contributed by atoms with Gasteiger partial charge in [0.15, 0.2) is 6.10 Å². The summed E-state index contributed by atoms with van der Waals surface area (Å²) in [5, 5.41) is 0. The van der Waals surface area contributed by atoms with Gasteiger partial charge in [-0.15, -0.1) is 0 Å². The van der Waals surface area contributed by atoms with Crippen molar-refractivity contribution < 1.29 is 32.3 Å². The van der Waals surface area contributed by atoms with E-state index in [4.69, 9.17) is 27.5 Å². The van der Waals surface area contributed by atoms with Crippen LogP contribution in [0.4, 0.5) is 0 Å². The van der Waals surface area contributed by atoms with Crippen LogP contribution in [0.2, 0.25) is 0 Å². The number of ether oxygens (including phenoxy) is 3. The van der Waals surface area contributed by atoms with Gasteiger partial charge in [0.25, 0.3) is 5.41 Å². The Morgan fingerprint density at radius 2 is 1.57 bits per heavy atom. The van der Waals surface area contributed by atoms with Crippen LogP contribution in [-0.4, -0.2) is 60.8 Å². The van der Waals surface area contributed by atoms with E-state index in [-0.39, 0.29) is 0 Å². The molecule has 0 spiro atoms. The molecule has 0 saturated heterocycles. The smallest absolute Gasteiger partial charge is 0.454 e. The van der Waals surface area contributed by atoms with E-state index < -0.39 is 26.3 Å². The fourth-order valence-electron chi connectivity index (χ4n) is 2.11. The van der Waals surface area contributed by atoms with E-state index in [1.807, 2.05) is 0 Å². The van der Waals surface area contributed by atoms with Crippen molar-refractivity contribution in [3.8, 4) is 0 Å². The van der Waals surface area contributed by atoms with E-state index in [0.717, 1.165) is 6.08 Å². The van der Waals surface area contributed by atoms with Crippen molar-refractivity contribution in [1.29, 1.82) is 0 Å². The summed E-state index contributed by atoms with van der Waals surface area (Å²) >= 11 is 0. The molecular weight excluding hydrogens is 296 g/mol. The Kier molecular flexibility index (Phi) is 8.94. The Balaban J connectivity index is 5.80. The minimum absolute atomic E-state index is 0.292. The average Bonchev–Trinajstić information content (AvgIpc) is 2.49. The minimum Gasteiger partial charge on any atom is -0.454 e. The number of carbonyl (C=O) groups excluding carboxylic acids is 1. The molecule has 7 nitrogen and oxygen atoms in total. The number of hydrogen-bond donors (Lipinski definition) is 0. The first-order valence-electron chi connectivity index (χ1n) is 6.69. The molecule has 0 saturated carbocycles. The maximum Gasteiger partial charge on any atom is 0.567 e. The monoisotopic (exact) mass is 322 g/mol. The molecule has 0 radical (unpaired) electrons. The number of rotatable bonds is 11. The third-order valence-electron chi connectivity index (χ3n) is 2.95. The summed E-state index contributed by atoms with van der Waals surface area (Å²) in [6.07, 6.45) is 0.240. The summed E-state index contributed by atoms with van der Waals surface area (Å²) in [7, 11) is 0.878. The van der Waals surface area contributed by atoms with Crippen molar-refractivity contribution in [2.45, 2.75) is 32.3 Å². The van der Waals surface area contributed by atoms with E-state index in [9.17, 15) is 4.79 Å². The van der Waals surface area contributed by atoms with Crippen LogP contribution in [0.25, 0.3) is 0 Å². The van der Waals surface area contributed by atoms with Gasteiger partial charge in [-0.1, -0.05) is 6.58 Å². The van der Waals surface area contributed by atoms with Gasteiger partial charge < -0.3 is 27.5 Å². The van der Waals surface area contributed by atoms with E-state index in [1.54, 1.807) is 20.8 Å². The zero-order valence-electron chi connectivity index (χ0n) is 13.6. The second kappa shape index (κ2) is 9.29. The maximum atomic E-state index is 11.5. The molecule has 21 heavy (non-hydrogen) atoms. The first kappa shape index (κ1) is 20.2. The van der Waals surface area contributed by atoms with E-state index >= 15 is 0 Å². The predicted molar refractivity (Wildman–Crippen MR) is 78.5 cm³/mol. The van der Waals surface area contributed by atoms with Crippen LogP contribution in [0.3, 0.4) is 0 Å². The van der Waals surface area contributed by atoms with Gasteiger partial charge in [0.2, 0.25) is 0 Å². The Morgan fingerprint density at radius 3 is 1.86 bits per heavy atom. The Hall–Kier alpha value is -0.773. The quantitative estimate of drug-likeness (QED) is 0.246. The van der Waals surface area contributed by atoms with Crippen LogP contribution < -0.4 is 0 Å². The molecule has 0 heterocycles. The van der Waals surface area contributed by atoms with Crippen molar-refractivity contribution in [1.82, 2.24) is 0 Å². The normalized spacial score (nSPS) is 13.8. The number of hydrogen-bond acceptors (Lipinski definition) is 7. The van der Waals surface area contributed by atoms with E-state index in [0.29, 0.717) is 13.2 Å². The number of carbonyl (C=O) groups is 1. The predicted octanol–water partition coefficient (Wildman–Crippen LogP) is 1.29. The van der Waals surface area contributed by atoms with Crippen LogP contribution >= 0.6 is 0 Å².